The van der Waals surface area contributed by atoms with Gasteiger partial charge in [0.15, 0.2) is 0 Å². The highest BCUT2D eigenvalue weighted by atomic mass is 32.2. The van der Waals surface area contributed by atoms with Crippen molar-refractivity contribution in [1.82, 2.24) is 5.32 Å². The molecular formula is C14H23NS. The van der Waals surface area contributed by atoms with E-state index in [4.69, 9.17) is 0 Å². The van der Waals surface area contributed by atoms with Crippen LogP contribution in [-0.4, -0.2) is 18.6 Å². The van der Waals surface area contributed by atoms with E-state index in [9.17, 15) is 0 Å². The molecule has 1 N–H and O–H groups in total. The van der Waals surface area contributed by atoms with Crippen LogP contribution in [0.15, 0.2) is 24.3 Å². The van der Waals surface area contributed by atoms with Gasteiger partial charge in [0.05, 0.1) is 0 Å². The van der Waals surface area contributed by atoms with Gasteiger partial charge in [0, 0.05) is 6.04 Å². The molecule has 0 aromatic heterocycles. The summed E-state index contributed by atoms with van der Waals surface area (Å²) in [5.41, 5.74) is 2.84. The molecule has 1 nitrogen and oxygen atoms in total. The number of nitrogens with one attached hydrogen (secondary N) is 1. The molecule has 0 bridgehead atoms. The third kappa shape index (κ3) is 4.18. The maximum Gasteiger partial charge on any atom is 0.0327 e. The molecule has 1 aromatic rings. The minimum absolute atomic E-state index is 0.517. The highest BCUT2D eigenvalue weighted by Gasteiger charge is 2.08. The van der Waals surface area contributed by atoms with Crippen molar-refractivity contribution >= 4 is 11.8 Å². The Balaban J connectivity index is 2.67. The van der Waals surface area contributed by atoms with Gasteiger partial charge in [-0.3, -0.25) is 0 Å². The average molecular weight is 237 g/mol. The smallest absolute Gasteiger partial charge is 0.0327 e. The highest BCUT2D eigenvalue weighted by Crippen LogP contribution is 2.19. The zero-order valence-corrected chi connectivity index (χ0v) is 11.4. The molecule has 0 saturated heterocycles. The Morgan fingerprint density at radius 3 is 2.38 bits per heavy atom. The van der Waals surface area contributed by atoms with Crippen LogP contribution in [0.1, 0.15) is 37.4 Å². The Morgan fingerprint density at radius 1 is 1.19 bits per heavy atom. The van der Waals surface area contributed by atoms with Gasteiger partial charge in [0.1, 0.15) is 0 Å². The Labute approximate surface area is 104 Å². The first-order valence-corrected chi connectivity index (χ1v) is 7.52. The lowest BCUT2D eigenvalue weighted by Crippen LogP contribution is -2.21. The standard InChI is InChI=1S/C14H23NS/c1-4-12-6-8-13(9-7-12)14(15-5-2)10-11-16-3/h6-9,14-15H,4-5,10-11H2,1-3H3. The average Bonchev–Trinajstić information content (AvgIpc) is 2.35. The van der Waals surface area contributed by atoms with E-state index in [2.05, 4.69) is 49.7 Å². The van der Waals surface area contributed by atoms with Gasteiger partial charge in [-0.15, -0.1) is 0 Å². The highest BCUT2D eigenvalue weighted by molar-refractivity contribution is 7.98. The Hall–Kier alpha value is -0.470. The first-order valence-electron chi connectivity index (χ1n) is 6.13. The molecule has 0 amide bonds. The summed E-state index contributed by atoms with van der Waals surface area (Å²) in [6, 6.07) is 9.56. The number of hydrogen-bond donors (Lipinski definition) is 1. The summed E-state index contributed by atoms with van der Waals surface area (Å²) in [4.78, 5) is 0. The second-order valence-electron chi connectivity index (χ2n) is 3.99. The van der Waals surface area contributed by atoms with E-state index >= 15 is 0 Å². The zero-order chi connectivity index (χ0) is 11.8. The minimum atomic E-state index is 0.517. The lowest BCUT2D eigenvalue weighted by molar-refractivity contribution is 0.541. The molecule has 0 heterocycles. The molecule has 16 heavy (non-hydrogen) atoms. The van der Waals surface area contributed by atoms with Crippen molar-refractivity contribution in [2.24, 2.45) is 0 Å². The van der Waals surface area contributed by atoms with Crippen LogP contribution < -0.4 is 5.32 Å². The van der Waals surface area contributed by atoms with Crippen LogP contribution in [0.25, 0.3) is 0 Å². The number of hydrogen-bond acceptors (Lipinski definition) is 2. The van der Waals surface area contributed by atoms with Gasteiger partial charge in [0.2, 0.25) is 0 Å². The van der Waals surface area contributed by atoms with E-state index in [-0.39, 0.29) is 0 Å². The number of benzene rings is 1. The normalized spacial score (nSPS) is 12.7. The van der Waals surface area contributed by atoms with Crippen LogP contribution in [-0.2, 0) is 6.42 Å². The topological polar surface area (TPSA) is 12.0 Å². The van der Waals surface area contributed by atoms with Crippen LogP contribution in [0.5, 0.6) is 0 Å². The summed E-state index contributed by atoms with van der Waals surface area (Å²) in [6.07, 6.45) is 4.50. The van der Waals surface area contributed by atoms with Gasteiger partial charge in [0.25, 0.3) is 0 Å². The molecule has 90 valence electrons. The molecule has 1 aromatic carbocycles. The van der Waals surface area contributed by atoms with Crippen molar-refractivity contribution in [3.8, 4) is 0 Å². The van der Waals surface area contributed by atoms with E-state index in [0.29, 0.717) is 6.04 Å². The molecule has 0 aliphatic carbocycles. The van der Waals surface area contributed by atoms with E-state index < -0.39 is 0 Å². The molecule has 0 aliphatic heterocycles. The predicted molar refractivity (Wildman–Crippen MR) is 75.2 cm³/mol. The van der Waals surface area contributed by atoms with Gasteiger partial charge in [-0.1, -0.05) is 38.1 Å². The summed E-state index contributed by atoms with van der Waals surface area (Å²) in [7, 11) is 0. The van der Waals surface area contributed by atoms with Gasteiger partial charge in [-0.2, -0.15) is 11.8 Å². The molecule has 0 aliphatic rings. The van der Waals surface area contributed by atoms with Gasteiger partial charge >= 0.3 is 0 Å². The van der Waals surface area contributed by atoms with E-state index in [1.54, 1.807) is 0 Å². The molecule has 1 rings (SSSR count). The quantitative estimate of drug-likeness (QED) is 0.777. The maximum absolute atomic E-state index is 3.56. The van der Waals surface area contributed by atoms with Crippen LogP contribution in [0.3, 0.4) is 0 Å². The fraction of sp³-hybridized carbons (Fsp3) is 0.571. The minimum Gasteiger partial charge on any atom is -0.310 e. The van der Waals surface area contributed by atoms with Crippen molar-refractivity contribution in [3.05, 3.63) is 35.4 Å². The summed E-state index contributed by atoms with van der Waals surface area (Å²) in [5.74, 6) is 1.22. The second-order valence-corrected chi connectivity index (χ2v) is 4.97. The Bertz CT molecular complexity index is 281. The number of aryl methyl sites for hydroxylation is 1. The van der Waals surface area contributed by atoms with E-state index in [1.165, 1.54) is 23.3 Å². The number of thioether (sulfide) groups is 1. The largest absolute Gasteiger partial charge is 0.310 e. The Kier molecular flexibility index (Phi) is 6.58. The molecule has 1 unspecified atom stereocenters. The molecule has 2 heteroatoms. The summed E-state index contributed by atoms with van der Waals surface area (Å²) in [6.45, 7) is 5.41. The van der Waals surface area contributed by atoms with E-state index in [1.807, 2.05) is 11.8 Å². The molecule has 0 saturated carbocycles. The molecule has 0 spiro atoms. The fourth-order valence-corrected chi connectivity index (χ4v) is 2.33. The van der Waals surface area contributed by atoms with Crippen LogP contribution in [0, 0.1) is 0 Å². The molecule has 1 atom stereocenters. The van der Waals surface area contributed by atoms with Crippen molar-refractivity contribution in [2.45, 2.75) is 32.7 Å². The van der Waals surface area contributed by atoms with E-state index in [0.717, 1.165) is 13.0 Å². The maximum atomic E-state index is 3.56. The fourth-order valence-electron chi connectivity index (χ4n) is 1.85. The van der Waals surface area contributed by atoms with Crippen molar-refractivity contribution in [1.29, 1.82) is 0 Å². The first-order chi connectivity index (χ1) is 7.81. The lowest BCUT2D eigenvalue weighted by Gasteiger charge is -2.18. The summed E-state index contributed by atoms with van der Waals surface area (Å²) in [5, 5.41) is 3.56. The second kappa shape index (κ2) is 7.75. The van der Waals surface area contributed by atoms with Crippen LogP contribution in [0.4, 0.5) is 0 Å². The van der Waals surface area contributed by atoms with Gasteiger partial charge in [-0.05, 0) is 42.5 Å². The van der Waals surface area contributed by atoms with Crippen molar-refractivity contribution in [2.75, 3.05) is 18.6 Å². The monoisotopic (exact) mass is 237 g/mol. The van der Waals surface area contributed by atoms with Gasteiger partial charge in [-0.25, -0.2) is 0 Å². The molecular weight excluding hydrogens is 214 g/mol. The van der Waals surface area contributed by atoms with Crippen LogP contribution >= 0.6 is 11.8 Å². The Morgan fingerprint density at radius 2 is 1.88 bits per heavy atom. The predicted octanol–water partition coefficient (Wildman–Crippen LogP) is 3.65. The van der Waals surface area contributed by atoms with Crippen molar-refractivity contribution in [3.63, 3.8) is 0 Å². The lowest BCUT2D eigenvalue weighted by atomic mass is 10.0. The molecule has 0 radical (unpaired) electrons. The van der Waals surface area contributed by atoms with Crippen molar-refractivity contribution < 1.29 is 0 Å². The summed E-state index contributed by atoms with van der Waals surface area (Å²) < 4.78 is 0. The van der Waals surface area contributed by atoms with Crippen LogP contribution in [0.2, 0.25) is 0 Å². The van der Waals surface area contributed by atoms with Gasteiger partial charge < -0.3 is 5.32 Å². The summed E-state index contributed by atoms with van der Waals surface area (Å²) >= 11 is 1.92. The third-order valence-electron chi connectivity index (χ3n) is 2.85. The number of rotatable bonds is 7. The SMILES string of the molecule is CCNC(CCSC)c1ccc(CC)cc1. The zero-order valence-electron chi connectivity index (χ0n) is 10.6. The molecule has 0 fully saturated rings. The third-order valence-corrected chi connectivity index (χ3v) is 3.50. The first kappa shape index (κ1) is 13.6.